The number of likely N-dealkylation sites (tertiary alicyclic amines) is 1. The van der Waals surface area contributed by atoms with E-state index in [2.05, 4.69) is 29.3 Å². The molecular weight excluding hydrogens is 324 g/mol. The lowest BCUT2D eigenvalue weighted by Crippen LogP contribution is -2.28. The largest absolute Gasteiger partial charge is 0.497 e. The molecule has 1 fully saturated rings. The minimum atomic E-state index is -0.0415. The molecule has 3 rings (SSSR count). The lowest BCUT2D eigenvalue weighted by molar-refractivity contribution is 0.0951. The molecule has 0 radical (unpaired) electrons. The van der Waals surface area contributed by atoms with Gasteiger partial charge < -0.3 is 15.0 Å². The number of nitrogens with zero attached hydrogens (tertiary/aromatic N) is 1. The van der Waals surface area contributed by atoms with Crippen LogP contribution in [0.15, 0.2) is 42.5 Å². The van der Waals surface area contributed by atoms with E-state index < -0.39 is 0 Å². The summed E-state index contributed by atoms with van der Waals surface area (Å²) >= 11 is 0. The van der Waals surface area contributed by atoms with E-state index in [0.29, 0.717) is 17.9 Å². The normalized spacial score (nSPS) is 14.4. The molecule has 1 heterocycles. The number of ether oxygens (including phenoxy) is 1. The molecule has 1 aliphatic rings. The van der Waals surface area contributed by atoms with Crippen molar-refractivity contribution in [2.45, 2.75) is 26.2 Å². The fraction of sp³-hybridized carbons (Fsp3) is 0.409. The van der Waals surface area contributed by atoms with Gasteiger partial charge in [-0.15, -0.1) is 0 Å². The van der Waals surface area contributed by atoms with Crippen LogP contribution in [0.4, 0.5) is 0 Å². The first-order valence-electron chi connectivity index (χ1n) is 9.43. The summed E-state index contributed by atoms with van der Waals surface area (Å²) in [5.41, 5.74) is 3.95. The Bertz CT molecular complexity index is 752. The molecule has 0 aliphatic carbocycles. The summed E-state index contributed by atoms with van der Waals surface area (Å²) in [6.07, 6.45) is 3.59. The summed E-state index contributed by atoms with van der Waals surface area (Å²) in [5.74, 6) is 0.660. The fourth-order valence-electron chi connectivity index (χ4n) is 3.51. The topological polar surface area (TPSA) is 41.6 Å². The smallest absolute Gasteiger partial charge is 0.251 e. The maximum Gasteiger partial charge on any atom is 0.251 e. The number of nitrogens with one attached hydrogen (secondary N) is 1. The second kappa shape index (κ2) is 8.86. The standard InChI is InChI=1S/C22H28N2O2/c1-17-8-3-4-9-21(17)18-14-19(16-20(15-18)26-2)22(25)23-10-7-13-24-11-5-6-12-24/h3-4,8-9,14-16H,5-7,10-13H2,1-2H3,(H,23,25). The SMILES string of the molecule is COc1cc(C(=O)NCCCN2CCCC2)cc(-c2ccccc2C)c1. The van der Waals surface area contributed by atoms with Gasteiger partial charge in [-0.25, -0.2) is 0 Å². The van der Waals surface area contributed by atoms with E-state index in [1.165, 1.54) is 31.5 Å². The van der Waals surface area contributed by atoms with E-state index in [9.17, 15) is 4.79 Å². The van der Waals surface area contributed by atoms with Crippen molar-refractivity contribution in [2.24, 2.45) is 0 Å². The van der Waals surface area contributed by atoms with Gasteiger partial charge in [0.25, 0.3) is 5.91 Å². The van der Waals surface area contributed by atoms with E-state index in [-0.39, 0.29) is 5.91 Å². The second-order valence-electron chi connectivity index (χ2n) is 6.92. The lowest BCUT2D eigenvalue weighted by atomic mass is 9.98. The zero-order chi connectivity index (χ0) is 18.4. The molecule has 1 amide bonds. The van der Waals surface area contributed by atoms with Gasteiger partial charge in [0.1, 0.15) is 5.75 Å². The molecule has 0 atom stereocenters. The number of methoxy groups -OCH3 is 1. The minimum Gasteiger partial charge on any atom is -0.497 e. The van der Waals surface area contributed by atoms with Crippen molar-refractivity contribution in [3.8, 4) is 16.9 Å². The van der Waals surface area contributed by atoms with E-state index in [4.69, 9.17) is 4.74 Å². The maximum atomic E-state index is 12.6. The van der Waals surface area contributed by atoms with Gasteiger partial charge >= 0.3 is 0 Å². The van der Waals surface area contributed by atoms with Crippen molar-refractivity contribution >= 4 is 5.91 Å². The average molecular weight is 352 g/mol. The highest BCUT2D eigenvalue weighted by Gasteiger charge is 2.13. The van der Waals surface area contributed by atoms with Crippen molar-refractivity contribution < 1.29 is 9.53 Å². The Balaban J connectivity index is 1.67. The zero-order valence-corrected chi connectivity index (χ0v) is 15.8. The van der Waals surface area contributed by atoms with Gasteiger partial charge in [0.05, 0.1) is 7.11 Å². The molecular formula is C22H28N2O2. The highest BCUT2D eigenvalue weighted by atomic mass is 16.5. The number of hydrogen-bond donors (Lipinski definition) is 1. The number of amides is 1. The van der Waals surface area contributed by atoms with Gasteiger partial charge in [0, 0.05) is 12.1 Å². The van der Waals surface area contributed by atoms with Gasteiger partial charge in [-0.1, -0.05) is 24.3 Å². The third kappa shape index (κ3) is 4.64. The fourth-order valence-corrected chi connectivity index (χ4v) is 3.51. The van der Waals surface area contributed by atoms with Gasteiger partial charge in [-0.2, -0.15) is 0 Å². The molecule has 1 saturated heterocycles. The molecule has 0 saturated carbocycles. The molecule has 0 spiro atoms. The summed E-state index contributed by atoms with van der Waals surface area (Å²) in [6.45, 7) is 6.24. The highest BCUT2D eigenvalue weighted by molar-refractivity contribution is 5.96. The molecule has 0 aromatic heterocycles. The van der Waals surface area contributed by atoms with Crippen LogP contribution in [0.5, 0.6) is 5.75 Å². The van der Waals surface area contributed by atoms with Crippen LogP contribution < -0.4 is 10.1 Å². The summed E-state index contributed by atoms with van der Waals surface area (Å²) in [5, 5.41) is 3.05. The second-order valence-corrected chi connectivity index (χ2v) is 6.92. The first kappa shape index (κ1) is 18.5. The van der Waals surface area contributed by atoms with Crippen LogP contribution in [0.2, 0.25) is 0 Å². The van der Waals surface area contributed by atoms with Crippen molar-refractivity contribution in [3.63, 3.8) is 0 Å². The number of carbonyl (C=O) groups excluding carboxylic acids is 1. The average Bonchev–Trinajstić information content (AvgIpc) is 3.18. The Kier molecular flexibility index (Phi) is 6.29. The molecule has 2 aromatic rings. The van der Waals surface area contributed by atoms with Crippen LogP contribution in [0.25, 0.3) is 11.1 Å². The number of carbonyl (C=O) groups is 1. The third-order valence-electron chi connectivity index (χ3n) is 5.00. The van der Waals surface area contributed by atoms with Crippen LogP contribution in [0, 0.1) is 6.92 Å². The van der Waals surface area contributed by atoms with Gasteiger partial charge in [-0.05, 0) is 80.7 Å². The predicted molar refractivity (Wildman–Crippen MR) is 106 cm³/mol. The predicted octanol–water partition coefficient (Wildman–Crippen LogP) is 3.89. The van der Waals surface area contributed by atoms with Crippen LogP contribution in [-0.4, -0.2) is 44.1 Å². The Morgan fingerprint density at radius 3 is 2.65 bits per heavy atom. The van der Waals surface area contributed by atoms with Crippen LogP contribution in [0.3, 0.4) is 0 Å². The molecule has 0 unspecified atom stereocenters. The quantitative estimate of drug-likeness (QED) is 0.769. The minimum absolute atomic E-state index is 0.0415. The molecule has 138 valence electrons. The van der Waals surface area contributed by atoms with Crippen LogP contribution >= 0.6 is 0 Å². The number of benzene rings is 2. The number of aryl methyl sites for hydroxylation is 1. The molecule has 1 N–H and O–H groups in total. The van der Waals surface area contributed by atoms with Gasteiger partial charge in [-0.3, -0.25) is 4.79 Å². The Hall–Kier alpha value is -2.33. The Labute approximate surface area is 156 Å². The monoisotopic (exact) mass is 352 g/mol. The van der Waals surface area contributed by atoms with Gasteiger partial charge in [0.15, 0.2) is 0 Å². The number of rotatable bonds is 7. The molecule has 1 aliphatic heterocycles. The summed E-state index contributed by atoms with van der Waals surface area (Å²) in [4.78, 5) is 15.1. The van der Waals surface area contributed by atoms with Crippen molar-refractivity contribution in [2.75, 3.05) is 33.3 Å². The zero-order valence-electron chi connectivity index (χ0n) is 15.8. The summed E-state index contributed by atoms with van der Waals surface area (Å²) < 4.78 is 5.41. The molecule has 4 nitrogen and oxygen atoms in total. The van der Waals surface area contributed by atoms with E-state index in [1.807, 2.05) is 24.3 Å². The molecule has 4 heteroatoms. The van der Waals surface area contributed by atoms with Crippen LogP contribution in [-0.2, 0) is 0 Å². The van der Waals surface area contributed by atoms with E-state index in [0.717, 1.165) is 24.1 Å². The first-order valence-corrected chi connectivity index (χ1v) is 9.43. The van der Waals surface area contributed by atoms with Crippen molar-refractivity contribution in [3.05, 3.63) is 53.6 Å². The number of hydrogen-bond acceptors (Lipinski definition) is 3. The highest BCUT2D eigenvalue weighted by Crippen LogP contribution is 2.28. The molecule has 26 heavy (non-hydrogen) atoms. The van der Waals surface area contributed by atoms with E-state index >= 15 is 0 Å². The molecule has 0 bridgehead atoms. The van der Waals surface area contributed by atoms with E-state index in [1.54, 1.807) is 13.2 Å². The third-order valence-corrected chi connectivity index (χ3v) is 5.00. The summed E-state index contributed by atoms with van der Waals surface area (Å²) in [6, 6.07) is 13.9. The maximum absolute atomic E-state index is 12.6. The Morgan fingerprint density at radius 2 is 1.92 bits per heavy atom. The molecule has 2 aromatic carbocycles. The van der Waals surface area contributed by atoms with Gasteiger partial charge in [0.2, 0.25) is 0 Å². The van der Waals surface area contributed by atoms with Crippen molar-refractivity contribution in [1.82, 2.24) is 10.2 Å². The summed E-state index contributed by atoms with van der Waals surface area (Å²) in [7, 11) is 1.63. The first-order chi connectivity index (χ1) is 12.7. The van der Waals surface area contributed by atoms with Crippen LogP contribution in [0.1, 0.15) is 35.2 Å². The lowest BCUT2D eigenvalue weighted by Gasteiger charge is -2.15. The van der Waals surface area contributed by atoms with Crippen molar-refractivity contribution in [1.29, 1.82) is 0 Å². The Morgan fingerprint density at radius 1 is 1.15 bits per heavy atom.